The van der Waals surface area contributed by atoms with Crippen molar-refractivity contribution in [3.8, 4) is 11.1 Å². The lowest BCUT2D eigenvalue weighted by atomic mass is 10.0. The van der Waals surface area contributed by atoms with E-state index >= 15 is 0 Å². The number of carbonyl (C=O) groups excluding carboxylic acids is 1. The van der Waals surface area contributed by atoms with Crippen molar-refractivity contribution in [2.24, 2.45) is 5.73 Å². The van der Waals surface area contributed by atoms with Gasteiger partial charge in [0.05, 0.1) is 0 Å². The summed E-state index contributed by atoms with van der Waals surface area (Å²) in [6.07, 6.45) is 1.65. The predicted molar refractivity (Wildman–Crippen MR) is 86.9 cm³/mol. The summed E-state index contributed by atoms with van der Waals surface area (Å²) in [5.41, 5.74) is 8.53. The Kier molecular flexibility index (Phi) is 4.75. The third kappa shape index (κ3) is 3.49. The number of nitrogens with one attached hydrogen (secondary N) is 1. The number of anilines is 1. The van der Waals surface area contributed by atoms with Crippen LogP contribution in [-0.2, 0) is 10.8 Å². The first-order chi connectivity index (χ1) is 10.0. The van der Waals surface area contributed by atoms with Crippen LogP contribution in [-0.4, -0.2) is 22.9 Å². The minimum Gasteiger partial charge on any atom is -0.385 e. The van der Waals surface area contributed by atoms with Crippen molar-refractivity contribution in [3.05, 3.63) is 48.0 Å². The van der Waals surface area contributed by atoms with Gasteiger partial charge in [-0.25, -0.2) is 0 Å². The normalized spacial score (nSPS) is 11.9. The van der Waals surface area contributed by atoms with E-state index in [-0.39, 0.29) is 0 Å². The first-order valence-corrected chi connectivity index (χ1v) is 8.20. The average Bonchev–Trinajstić information content (AvgIpc) is 2.47. The van der Waals surface area contributed by atoms with Crippen molar-refractivity contribution >= 4 is 22.4 Å². The second-order valence-electron chi connectivity index (χ2n) is 4.64. The first-order valence-electron chi connectivity index (χ1n) is 6.64. The molecule has 0 aliphatic carbocycles. The van der Waals surface area contributed by atoms with E-state index in [1.807, 2.05) is 37.3 Å². The summed E-state index contributed by atoms with van der Waals surface area (Å²) < 4.78 is 11.6. The van der Waals surface area contributed by atoms with Gasteiger partial charge in [-0.1, -0.05) is 18.2 Å². The molecule has 2 aromatic rings. The molecule has 110 valence electrons. The van der Waals surface area contributed by atoms with Gasteiger partial charge in [-0.05, 0) is 36.8 Å². The third-order valence-electron chi connectivity index (χ3n) is 3.15. The Labute approximate surface area is 126 Å². The Hall–Kier alpha value is -2.14. The molecule has 0 radical (unpaired) electrons. The largest absolute Gasteiger partial charge is 0.385 e. The Bertz CT molecular complexity index is 698. The van der Waals surface area contributed by atoms with Gasteiger partial charge in [0.1, 0.15) is 0 Å². The monoisotopic (exact) mass is 302 g/mol. The molecule has 5 heteroatoms. The topological polar surface area (TPSA) is 72.2 Å². The van der Waals surface area contributed by atoms with Crippen molar-refractivity contribution in [1.82, 2.24) is 0 Å². The van der Waals surface area contributed by atoms with Gasteiger partial charge in [-0.3, -0.25) is 9.00 Å². The maximum atomic E-state index is 11.6. The molecule has 21 heavy (non-hydrogen) atoms. The molecule has 0 fully saturated rings. The minimum absolute atomic E-state index is 0.455. The van der Waals surface area contributed by atoms with Gasteiger partial charge in [0, 0.05) is 45.3 Å². The smallest absolute Gasteiger partial charge is 0.248 e. The second-order valence-corrected chi connectivity index (χ2v) is 6.02. The highest BCUT2D eigenvalue weighted by Crippen LogP contribution is 2.30. The van der Waals surface area contributed by atoms with Gasteiger partial charge in [-0.2, -0.15) is 0 Å². The predicted octanol–water partition coefficient (Wildman–Crippen LogP) is 2.62. The number of nitrogens with two attached hydrogens (primary N) is 1. The lowest BCUT2D eigenvalue weighted by Gasteiger charge is -2.13. The second kappa shape index (κ2) is 6.54. The molecule has 1 atom stereocenters. The fraction of sp³-hybridized carbons (Fsp3) is 0.188. The fourth-order valence-corrected chi connectivity index (χ4v) is 2.69. The molecule has 0 aromatic heterocycles. The van der Waals surface area contributed by atoms with E-state index in [9.17, 15) is 9.00 Å². The Balaban J connectivity index is 2.54. The summed E-state index contributed by atoms with van der Waals surface area (Å²) in [4.78, 5) is 12.1. The van der Waals surface area contributed by atoms with E-state index in [0.717, 1.165) is 28.3 Å². The van der Waals surface area contributed by atoms with Gasteiger partial charge < -0.3 is 11.1 Å². The Morgan fingerprint density at radius 2 is 2.00 bits per heavy atom. The standard InChI is InChI=1S/C16H18N2O2S/c1-3-18-15-10-12(16(17)19)7-8-14(15)11-5-4-6-13(9-11)21(2)20/h4-10,18H,3H2,1-2H3,(H2,17,19). The van der Waals surface area contributed by atoms with Crippen LogP contribution in [0.25, 0.3) is 11.1 Å². The minimum atomic E-state index is -1.03. The number of rotatable bonds is 5. The molecular formula is C16H18N2O2S. The number of hydrogen-bond acceptors (Lipinski definition) is 3. The van der Waals surface area contributed by atoms with Crippen molar-refractivity contribution in [2.75, 3.05) is 18.1 Å². The molecule has 1 unspecified atom stereocenters. The van der Waals surface area contributed by atoms with Crippen molar-refractivity contribution in [3.63, 3.8) is 0 Å². The molecular weight excluding hydrogens is 284 g/mol. The molecule has 1 amide bonds. The molecule has 0 saturated heterocycles. The summed E-state index contributed by atoms with van der Waals surface area (Å²) >= 11 is 0. The fourth-order valence-electron chi connectivity index (χ4n) is 2.13. The van der Waals surface area contributed by atoms with Crippen LogP contribution in [0.5, 0.6) is 0 Å². The Morgan fingerprint density at radius 1 is 1.24 bits per heavy atom. The lowest BCUT2D eigenvalue weighted by molar-refractivity contribution is 0.100. The van der Waals surface area contributed by atoms with E-state index in [1.165, 1.54) is 0 Å². The molecule has 2 aromatic carbocycles. The van der Waals surface area contributed by atoms with Crippen LogP contribution in [0, 0.1) is 0 Å². The SMILES string of the molecule is CCNc1cc(C(N)=O)ccc1-c1cccc(S(C)=O)c1. The van der Waals surface area contributed by atoms with Crippen molar-refractivity contribution in [1.29, 1.82) is 0 Å². The summed E-state index contributed by atoms with van der Waals surface area (Å²) in [7, 11) is -1.03. The van der Waals surface area contributed by atoms with Gasteiger partial charge in [0.15, 0.2) is 0 Å². The zero-order chi connectivity index (χ0) is 15.4. The van der Waals surface area contributed by atoms with E-state index in [4.69, 9.17) is 5.73 Å². The molecule has 0 spiro atoms. The summed E-state index contributed by atoms with van der Waals surface area (Å²) in [6.45, 7) is 2.72. The molecule has 0 aliphatic heterocycles. The number of amides is 1. The van der Waals surface area contributed by atoms with Crippen LogP contribution < -0.4 is 11.1 Å². The molecule has 0 aliphatic rings. The van der Waals surface area contributed by atoms with Crippen LogP contribution in [0.2, 0.25) is 0 Å². The van der Waals surface area contributed by atoms with E-state index in [2.05, 4.69) is 5.32 Å². The molecule has 2 rings (SSSR count). The highest BCUT2D eigenvalue weighted by molar-refractivity contribution is 7.84. The maximum absolute atomic E-state index is 11.6. The number of carbonyl (C=O) groups is 1. The van der Waals surface area contributed by atoms with Crippen molar-refractivity contribution < 1.29 is 9.00 Å². The average molecular weight is 302 g/mol. The highest BCUT2D eigenvalue weighted by Gasteiger charge is 2.10. The summed E-state index contributed by atoms with van der Waals surface area (Å²) in [5, 5.41) is 3.23. The maximum Gasteiger partial charge on any atom is 0.248 e. The highest BCUT2D eigenvalue weighted by atomic mass is 32.2. The van der Waals surface area contributed by atoms with Gasteiger partial charge in [0.2, 0.25) is 5.91 Å². The Morgan fingerprint density at radius 3 is 2.62 bits per heavy atom. The molecule has 4 nitrogen and oxygen atoms in total. The van der Waals surface area contributed by atoms with Crippen LogP contribution >= 0.6 is 0 Å². The quantitative estimate of drug-likeness (QED) is 0.891. The van der Waals surface area contributed by atoms with E-state index in [1.54, 1.807) is 18.4 Å². The van der Waals surface area contributed by atoms with E-state index < -0.39 is 16.7 Å². The zero-order valence-electron chi connectivity index (χ0n) is 12.1. The van der Waals surface area contributed by atoms with Gasteiger partial charge >= 0.3 is 0 Å². The molecule has 0 heterocycles. The van der Waals surface area contributed by atoms with Crippen molar-refractivity contribution in [2.45, 2.75) is 11.8 Å². The first kappa shape index (κ1) is 15.3. The third-order valence-corrected chi connectivity index (χ3v) is 4.07. The number of benzene rings is 2. The number of primary amides is 1. The molecule has 3 N–H and O–H groups in total. The lowest BCUT2D eigenvalue weighted by Crippen LogP contribution is -2.11. The van der Waals surface area contributed by atoms with Crippen LogP contribution in [0.4, 0.5) is 5.69 Å². The number of hydrogen-bond donors (Lipinski definition) is 2. The zero-order valence-corrected chi connectivity index (χ0v) is 12.9. The summed E-state index contributed by atoms with van der Waals surface area (Å²) in [6, 6.07) is 12.9. The van der Waals surface area contributed by atoms with Gasteiger partial charge in [-0.15, -0.1) is 0 Å². The van der Waals surface area contributed by atoms with Gasteiger partial charge in [0.25, 0.3) is 0 Å². The molecule has 0 bridgehead atoms. The van der Waals surface area contributed by atoms with E-state index in [0.29, 0.717) is 5.56 Å². The van der Waals surface area contributed by atoms with Crippen LogP contribution in [0.3, 0.4) is 0 Å². The van der Waals surface area contributed by atoms with Crippen LogP contribution in [0.1, 0.15) is 17.3 Å². The van der Waals surface area contributed by atoms with Crippen LogP contribution in [0.15, 0.2) is 47.4 Å². The summed E-state index contributed by atoms with van der Waals surface area (Å²) in [5.74, 6) is -0.455. The molecule has 0 saturated carbocycles.